The normalized spacial score (nSPS) is 13.1. The fourth-order valence-electron chi connectivity index (χ4n) is 1.92. The third kappa shape index (κ3) is 4.28. The summed E-state index contributed by atoms with van der Waals surface area (Å²) in [5.41, 5.74) is 8.18. The predicted molar refractivity (Wildman–Crippen MR) is 75.5 cm³/mol. The summed E-state index contributed by atoms with van der Waals surface area (Å²) >= 11 is 0. The number of aryl methyl sites for hydroxylation is 2. The van der Waals surface area contributed by atoms with Crippen molar-refractivity contribution in [1.82, 2.24) is 5.32 Å². The molecule has 0 fully saturated rings. The fourth-order valence-corrected chi connectivity index (χ4v) is 1.92. The zero-order valence-corrected chi connectivity index (χ0v) is 11.6. The van der Waals surface area contributed by atoms with Crippen LogP contribution in [0.25, 0.3) is 0 Å². The van der Waals surface area contributed by atoms with Crippen molar-refractivity contribution in [2.24, 2.45) is 10.9 Å². The number of carbonyl (C=O) groups is 1. The van der Waals surface area contributed by atoms with Crippen LogP contribution in [0.1, 0.15) is 41.3 Å². The molecule has 1 aromatic carbocycles. The lowest BCUT2D eigenvalue weighted by atomic mass is 10.0. The van der Waals surface area contributed by atoms with E-state index in [1.165, 1.54) is 0 Å². The van der Waals surface area contributed by atoms with E-state index in [2.05, 4.69) is 10.5 Å². The number of rotatable bonds is 5. The number of nitrogens with zero attached hydrogens (tertiary/aromatic N) is 1. The molecular formula is C14H21N3O2. The molecule has 104 valence electrons. The van der Waals surface area contributed by atoms with E-state index in [1.54, 1.807) is 0 Å². The van der Waals surface area contributed by atoms with E-state index >= 15 is 0 Å². The molecule has 0 saturated carbocycles. The maximum Gasteiger partial charge on any atom is 0.251 e. The van der Waals surface area contributed by atoms with Gasteiger partial charge in [-0.1, -0.05) is 29.8 Å². The Balaban J connectivity index is 2.77. The van der Waals surface area contributed by atoms with Crippen LogP contribution in [0.3, 0.4) is 0 Å². The van der Waals surface area contributed by atoms with Crippen molar-refractivity contribution < 1.29 is 10.0 Å². The smallest absolute Gasteiger partial charge is 0.251 e. The molecule has 1 atom stereocenters. The Kier molecular flexibility index (Phi) is 5.36. The van der Waals surface area contributed by atoms with E-state index in [9.17, 15) is 4.79 Å². The van der Waals surface area contributed by atoms with Gasteiger partial charge < -0.3 is 16.3 Å². The SMILES string of the molecule is CCC(CC(N)=NO)NC(=O)c1ccc(C)cc1C. The Labute approximate surface area is 113 Å². The second kappa shape index (κ2) is 6.78. The van der Waals surface area contributed by atoms with Gasteiger partial charge in [0.1, 0.15) is 5.84 Å². The maximum absolute atomic E-state index is 12.2. The van der Waals surface area contributed by atoms with E-state index < -0.39 is 0 Å². The Morgan fingerprint density at radius 3 is 2.68 bits per heavy atom. The van der Waals surface area contributed by atoms with Crippen molar-refractivity contribution in [3.8, 4) is 0 Å². The molecule has 0 saturated heterocycles. The van der Waals surface area contributed by atoms with Crippen molar-refractivity contribution in [3.63, 3.8) is 0 Å². The molecule has 1 rings (SSSR count). The highest BCUT2D eigenvalue weighted by Gasteiger charge is 2.15. The Morgan fingerprint density at radius 1 is 1.47 bits per heavy atom. The van der Waals surface area contributed by atoms with Gasteiger partial charge in [0.15, 0.2) is 0 Å². The summed E-state index contributed by atoms with van der Waals surface area (Å²) in [4.78, 5) is 12.2. The number of carbonyl (C=O) groups excluding carboxylic acids is 1. The second-order valence-electron chi connectivity index (χ2n) is 4.69. The fraction of sp³-hybridized carbons (Fsp3) is 0.429. The highest BCUT2D eigenvalue weighted by Crippen LogP contribution is 2.11. The monoisotopic (exact) mass is 263 g/mol. The molecule has 5 heteroatoms. The van der Waals surface area contributed by atoms with E-state index in [4.69, 9.17) is 10.9 Å². The van der Waals surface area contributed by atoms with Crippen molar-refractivity contribution in [1.29, 1.82) is 0 Å². The van der Waals surface area contributed by atoms with Crippen LogP contribution < -0.4 is 11.1 Å². The Hall–Kier alpha value is -2.04. The summed E-state index contributed by atoms with van der Waals surface area (Å²) in [5.74, 6) is -0.0112. The van der Waals surface area contributed by atoms with E-state index in [1.807, 2.05) is 39.0 Å². The van der Waals surface area contributed by atoms with Gasteiger partial charge >= 0.3 is 0 Å². The number of nitrogens with two attached hydrogens (primary N) is 1. The lowest BCUT2D eigenvalue weighted by Gasteiger charge is -2.17. The summed E-state index contributed by atoms with van der Waals surface area (Å²) in [6.07, 6.45) is 1.05. The quantitative estimate of drug-likeness (QED) is 0.328. The van der Waals surface area contributed by atoms with Gasteiger partial charge in [-0.15, -0.1) is 0 Å². The molecule has 0 bridgehead atoms. The molecule has 0 aliphatic carbocycles. The first kappa shape index (κ1) is 15.0. The zero-order valence-electron chi connectivity index (χ0n) is 11.6. The van der Waals surface area contributed by atoms with Crippen molar-refractivity contribution in [2.45, 2.75) is 39.7 Å². The summed E-state index contributed by atoms with van der Waals surface area (Å²) in [6.45, 7) is 5.84. The number of hydrogen-bond acceptors (Lipinski definition) is 3. The number of hydrogen-bond donors (Lipinski definition) is 3. The summed E-state index contributed by atoms with van der Waals surface area (Å²) in [5, 5.41) is 14.4. The van der Waals surface area contributed by atoms with Crippen LogP contribution in [0.5, 0.6) is 0 Å². The van der Waals surface area contributed by atoms with Gasteiger partial charge in [0, 0.05) is 18.0 Å². The van der Waals surface area contributed by atoms with Gasteiger partial charge in [0.2, 0.25) is 0 Å². The van der Waals surface area contributed by atoms with Gasteiger partial charge in [-0.2, -0.15) is 0 Å². The third-order valence-corrected chi connectivity index (χ3v) is 3.04. The van der Waals surface area contributed by atoms with Crippen LogP contribution in [0.2, 0.25) is 0 Å². The third-order valence-electron chi connectivity index (χ3n) is 3.04. The number of amidine groups is 1. The minimum atomic E-state index is -0.135. The Bertz CT molecular complexity index is 484. The molecule has 1 aromatic rings. The lowest BCUT2D eigenvalue weighted by molar-refractivity contribution is 0.0936. The van der Waals surface area contributed by atoms with Crippen LogP contribution in [0.4, 0.5) is 0 Å². The van der Waals surface area contributed by atoms with E-state index in [-0.39, 0.29) is 17.8 Å². The van der Waals surface area contributed by atoms with Crippen LogP contribution >= 0.6 is 0 Å². The molecule has 19 heavy (non-hydrogen) atoms. The molecule has 0 heterocycles. The molecule has 5 nitrogen and oxygen atoms in total. The summed E-state index contributed by atoms with van der Waals surface area (Å²) < 4.78 is 0. The topological polar surface area (TPSA) is 87.7 Å². The van der Waals surface area contributed by atoms with Gasteiger partial charge in [0.25, 0.3) is 5.91 Å². The Morgan fingerprint density at radius 2 is 2.16 bits per heavy atom. The molecule has 4 N–H and O–H groups in total. The van der Waals surface area contributed by atoms with Gasteiger partial charge in [-0.3, -0.25) is 4.79 Å². The molecule has 0 aliphatic heterocycles. The van der Waals surface area contributed by atoms with Crippen molar-refractivity contribution >= 4 is 11.7 Å². The van der Waals surface area contributed by atoms with Gasteiger partial charge in [-0.05, 0) is 31.9 Å². The molecule has 0 spiro atoms. The first-order valence-corrected chi connectivity index (χ1v) is 6.32. The number of amides is 1. The summed E-state index contributed by atoms with van der Waals surface area (Å²) in [6, 6.07) is 5.56. The second-order valence-corrected chi connectivity index (χ2v) is 4.69. The van der Waals surface area contributed by atoms with E-state index in [0.29, 0.717) is 18.4 Å². The number of nitrogens with one attached hydrogen (secondary N) is 1. The minimum absolute atomic E-state index is 0.118. The van der Waals surface area contributed by atoms with Gasteiger partial charge in [0.05, 0.1) is 0 Å². The molecule has 0 aliphatic rings. The van der Waals surface area contributed by atoms with Crippen LogP contribution in [-0.4, -0.2) is 23.0 Å². The van der Waals surface area contributed by atoms with Crippen molar-refractivity contribution in [3.05, 3.63) is 34.9 Å². The standard InChI is InChI=1S/C14H21N3O2/c1-4-11(8-13(15)17-19)16-14(18)12-6-5-9(2)7-10(12)3/h5-7,11,19H,4,8H2,1-3H3,(H2,15,17)(H,16,18). The minimum Gasteiger partial charge on any atom is -0.409 e. The van der Waals surface area contributed by atoms with Gasteiger partial charge in [-0.25, -0.2) is 0 Å². The average Bonchev–Trinajstić information content (AvgIpc) is 2.37. The first-order valence-electron chi connectivity index (χ1n) is 6.32. The average molecular weight is 263 g/mol. The molecule has 0 aromatic heterocycles. The molecule has 0 radical (unpaired) electrons. The van der Waals surface area contributed by atoms with E-state index in [0.717, 1.165) is 11.1 Å². The number of oxime groups is 1. The molecular weight excluding hydrogens is 242 g/mol. The predicted octanol–water partition coefficient (Wildman–Crippen LogP) is 1.95. The summed E-state index contributed by atoms with van der Waals surface area (Å²) in [7, 11) is 0. The van der Waals surface area contributed by atoms with Crippen molar-refractivity contribution in [2.75, 3.05) is 0 Å². The maximum atomic E-state index is 12.2. The molecule has 1 amide bonds. The highest BCUT2D eigenvalue weighted by atomic mass is 16.4. The highest BCUT2D eigenvalue weighted by molar-refractivity contribution is 5.96. The van der Waals surface area contributed by atoms with Crippen LogP contribution in [-0.2, 0) is 0 Å². The zero-order chi connectivity index (χ0) is 14.4. The first-order chi connectivity index (χ1) is 8.97. The number of benzene rings is 1. The van der Waals surface area contributed by atoms with Crippen LogP contribution in [0, 0.1) is 13.8 Å². The largest absolute Gasteiger partial charge is 0.409 e. The molecule has 1 unspecified atom stereocenters. The van der Waals surface area contributed by atoms with Crippen LogP contribution in [0.15, 0.2) is 23.4 Å². The lowest BCUT2D eigenvalue weighted by Crippen LogP contribution is -2.37.